The van der Waals surface area contributed by atoms with E-state index in [-0.39, 0.29) is 5.56 Å². The van der Waals surface area contributed by atoms with Crippen molar-refractivity contribution >= 4 is 16.9 Å². The molecule has 0 fully saturated rings. The van der Waals surface area contributed by atoms with Crippen LogP contribution in [0.4, 0.5) is 0 Å². The molecule has 2 aromatic heterocycles. The molecule has 5 nitrogen and oxygen atoms in total. The predicted molar refractivity (Wildman–Crippen MR) is 77.3 cm³/mol. The largest absolute Gasteiger partial charge is 0.487 e. The van der Waals surface area contributed by atoms with Gasteiger partial charge >= 0.3 is 5.97 Å². The standard InChI is InChI=1S/C16H12N2O3/c19-16(20)12-7-13(9-17-8-12)21-10-11-5-6-18-15-4-2-1-3-14(11)15/h1-9H,10H2,(H,19,20). The van der Waals surface area contributed by atoms with Crippen molar-refractivity contribution in [3.63, 3.8) is 0 Å². The van der Waals surface area contributed by atoms with Crippen LogP contribution in [0.25, 0.3) is 10.9 Å². The maximum atomic E-state index is 10.9. The zero-order valence-electron chi connectivity index (χ0n) is 11.1. The van der Waals surface area contributed by atoms with Crippen LogP contribution >= 0.6 is 0 Å². The highest BCUT2D eigenvalue weighted by molar-refractivity contribution is 5.87. The van der Waals surface area contributed by atoms with Crippen LogP contribution in [0, 0.1) is 0 Å². The Morgan fingerprint density at radius 3 is 2.90 bits per heavy atom. The van der Waals surface area contributed by atoms with Gasteiger partial charge in [0.2, 0.25) is 0 Å². The Balaban J connectivity index is 1.84. The van der Waals surface area contributed by atoms with Crippen molar-refractivity contribution in [2.24, 2.45) is 0 Å². The Morgan fingerprint density at radius 1 is 1.19 bits per heavy atom. The number of ether oxygens (including phenoxy) is 1. The number of carboxylic acid groups (broad SMARTS) is 1. The molecule has 0 bridgehead atoms. The normalized spacial score (nSPS) is 10.5. The van der Waals surface area contributed by atoms with Crippen molar-refractivity contribution in [3.8, 4) is 5.75 Å². The van der Waals surface area contributed by atoms with Gasteiger partial charge in [0.15, 0.2) is 0 Å². The molecule has 0 unspecified atom stereocenters. The zero-order valence-corrected chi connectivity index (χ0v) is 11.1. The van der Waals surface area contributed by atoms with E-state index >= 15 is 0 Å². The van der Waals surface area contributed by atoms with Gasteiger partial charge in [-0.05, 0) is 18.2 Å². The molecule has 0 aliphatic carbocycles. The van der Waals surface area contributed by atoms with Crippen LogP contribution in [-0.4, -0.2) is 21.0 Å². The second kappa shape index (κ2) is 5.58. The highest BCUT2D eigenvalue weighted by Crippen LogP contribution is 2.19. The number of pyridine rings is 2. The Kier molecular flexibility index (Phi) is 3.47. The van der Waals surface area contributed by atoms with Crippen molar-refractivity contribution in [1.29, 1.82) is 0 Å². The molecule has 3 aromatic rings. The average molecular weight is 280 g/mol. The van der Waals surface area contributed by atoms with E-state index in [0.717, 1.165) is 16.5 Å². The third kappa shape index (κ3) is 2.81. The molecular weight excluding hydrogens is 268 g/mol. The number of para-hydroxylation sites is 1. The number of nitrogens with zero attached hydrogens (tertiary/aromatic N) is 2. The predicted octanol–water partition coefficient (Wildman–Crippen LogP) is 2.91. The molecule has 1 aromatic carbocycles. The number of hydrogen-bond donors (Lipinski definition) is 1. The lowest BCUT2D eigenvalue weighted by Crippen LogP contribution is -2.01. The molecule has 104 valence electrons. The minimum atomic E-state index is -1.03. The van der Waals surface area contributed by atoms with E-state index in [2.05, 4.69) is 9.97 Å². The van der Waals surface area contributed by atoms with E-state index in [1.54, 1.807) is 6.20 Å². The molecule has 0 aliphatic rings. The lowest BCUT2D eigenvalue weighted by atomic mass is 10.1. The van der Waals surface area contributed by atoms with E-state index < -0.39 is 5.97 Å². The zero-order chi connectivity index (χ0) is 14.7. The van der Waals surface area contributed by atoms with Gasteiger partial charge in [-0.2, -0.15) is 0 Å². The fourth-order valence-electron chi connectivity index (χ4n) is 2.06. The summed E-state index contributed by atoms with van der Waals surface area (Å²) < 4.78 is 5.64. The van der Waals surface area contributed by atoms with E-state index in [1.807, 2.05) is 30.3 Å². The molecule has 0 saturated carbocycles. The first-order valence-corrected chi connectivity index (χ1v) is 6.38. The Bertz CT molecular complexity index is 797. The monoisotopic (exact) mass is 280 g/mol. The summed E-state index contributed by atoms with van der Waals surface area (Å²) in [7, 11) is 0. The van der Waals surface area contributed by atoms with Crippen molar-refractivity contribution in [3.05, 3.63) is 66.1 Å². The molecule has 0 aliphatic heterocycles. The van der Waals surface area contributed by atoms with Crippen LogP contribution in [0.5, 0.6) is 5.75 Å². The number of carboxylic acids is 1. The van der Waals surface area contributed by atoms with E-state index in [1.165, 1.54) is 18.5 Å². The molecule has 0 saturated heterocycles. The summed E-state index contributed by atoms with van der Waals surface area (Å²) in [6.45, 7) is 0.327. The third-order valence-corrected chi connectivity index (χ3v) is 3.09. The van der Waals surface area contributed by atoms with Gasteiger partial charge in [0.1, 0.15) is 12.4 Å². The van der Waals surface area contributed by atoms with Gasteiger partial charge in [-0.25, -0.2) is 4.79 Å². The molecule has 0 radical (unpaired) electrons. The molecule has 0 atom stereocenters. The van der Waals surface area contributed by atoms with Crippen molar-refractivity contribution in [2.45, 2.75) is 6.61 Å². The maximum absolute atomic E-state index is 10.9. The smallest absolute Gasteiger partial charge is 0.337 e. The molecule has 0 spiro atoms. The van der Waals surface area contributed by atoms with Gasteiger partial charge in [0.25, 0.3) is 0 Å². The van der Waals surface area contributed by atoms with Gasteiger partial charge in [0.05, 0.1) is 17.3 Å². The second-order valence-electron chi connectivity index (χ2n) is 4.49. The van der Waals surface area contributed by atoms with Crippen LogP contribution in [0.15, 0.2) is 55.0 Å². The summed E-state index contributed by atoms with van der Waals surface area (Å²) in [6.07, 6.45) is 4.51. The number of benzene rings is 1. The highest BCUT2D eigenvalue weighted by atomic mass is 16.5. The summed E-state index contributed by atoms with van der Waals surface area (Å²) in [4.78, 5) is 19.0. The number of rotatable bonds is 4. The van der Waals surface area contributed by atoms with Crippen LogP contribution in [0.3, 0.4) is 0 Å². The summed E-state index contributed by atoms with van der Waals surface area (Å²) >= 11 is 0. The fraction of sp³-hybridized carbons (Fsp3) is 0.0625. The van der Waals surface area contributed by atoms with Gasteiger partial charge in [-0.3, -0.25) is 9.97 Å². The molecule has 2 heterocycles. The Morgan fingerprint density at radius 2 is 2.05 bits per heavy atom. The number of carbonyl (C=O) groups is 1. The van der Waals surface area contributed by atoms with Crippen LogP contribution in [0.1, 0.15) is 15.9 Å². The van der Waals surface area contributed by atoms with E-state index in [9.17, 15) is 4.79 Å². The Hall–Kier alpha value is -2.95. The summed E-state index contributed by atoms with van der Waals surface area (Å²) in [5, 5.41) is 9.95. The first-order chi connectivity index (χ1) is 10.2. The summed E-state index contributed by atoms with van der Waals surface area (Å²) in [5.41, 5.74) is 1.99. The van der Waals surface area contributed by atoms with Crippen LogP contribution in [-0.2, 0) is 6.61 Å². The summed E-state index contributed by atoms with van der Waals surface area (Å²) in [6, 6.07) is 11.1. The second-order valence-corrected chi connectivity index (χ2v) is 4.49. The van der Waals surface area contributed by atoms with E-state index in [4.69, 9.17) is 9.84 Å². The minimum absolute atomic E-state index is 0.104. The molecule has 1 N–H and O–H groups in total. The number of aromatic carboxylic acids is 1. The topological polar surface area (TPSA) is 72.3 Å². The van der Waals surface area contributed by atoms with Gasteiger partial charge < -0.3 is 9.84 Å². The highest BCUT2D eigenvalue weighted by Gasteiger charge is 2.06. The fourth-order valence-corrected chi connectivity index (χ4v) is 2.06. The van der Waals surface area contributed by atoms with E-state index in [0.29, 0.717) is 12.4 Å². The first-order valence-electron chi connectivity index (χ1n) is 6.38. The maximum Gasteiger partial charge on any atom is 0.337 e. The molecule has 21 heavy (non-hydrogen) atoms. The first kappa shape index (κ1) is 13.1. The quantitative estimate of drug-likeness (QED) is 0.795. The van der Waals surface area contributed by atoms with Crippen molar-refractivity contribution < 1.29 is 14.6 Å². The molecule has 5 heteroatoms. The lowest BCUT2D eigenvalue weighted by Gasteiger charge is -2.08. The van der Waals surface area contributed by atoms with Crippen LogP contribution in [0.2, 0.25) is 0 Å². The van der Waals surface area contributed by atoms with Crippen molar-refractivity contribution in [1.82, 2.24) is 9.97 Å². The number of aromatic nitrogens is 2. The lowest BCUT2D eigenvalue weighted by molar-refractivity contribution is 0.0696. The molecule has 3 rings (SSSR count). The summed E-state index contributed by atoms with van der Waals surface area (Å²) in [5.74, 6) is -0.599. The average Bonchev–Trinajstić information content (AvgIpc) is 2.53. The van der Waals surface area contributed by atoms with Crippen LogP contribution < -0.4 is 4.74 Å². The minimum Gasteiger partial charge on any atom is -0.487 e. The third-order valence-electron chi connectivity index (χ3n) is 3.09. The van der Waals surface area contributed by atoms with Gasteiger partial charge in [0, 0.05) is 23.3 Å². The SMILES string of the molecule is O=C(O)c1cncc(OCc2ccnc3ccccc23)c1. The van der Waals surface area contributed by atoms with Gasteiger partial charge in [-0.15, -0.1) is 0 Å². The van der Waals surface area contributed by atoms with Gasteiger partial charge in [-0.1, -0.05) is 18.2 Å². The number of fused-ring (bicyclic) bond motifs is 1. The van der Waals surface area contributed by atoms with Crippen molar-refractivity contribution in [2.75, 3.05) is 0 Å². The number of hydrogen-bond acceptors (Lipinski definition) is 4. The Labute approximate surface area is 120 Å². The molecular formula is C16H12N2O3. The molecule has 0 amide bonds.